The van der Waals surface area contributed by atoms with Crippen LogP contribution in [0.3, 0.4) is 0 Å². The van der Waals surface area contributed by atoms with E-state index in [0.717, 1.165) is 0 Å². The van der Waals surface area contributed by atoms with Crippen molar-refractivity contribution in [1.82, 2.24) is 0 Å². The molecular weight excluding hydrogens is 270 g/mol. The second kappa shape index (κ2) is 4.74. The lowest BCUT2D eigenvalue weighted by molar-refractivity contribution is -0.386. The number of halogens is 5. The van der Waals surface area contributed by atoms with Gasteiger partial charge in [-0.2, -0.15) is 13.2 Å². The Bertz CT molecular complexity index is 449. The van der Waals surface area contributed by atoms with Gasteiger partial charge in [0.25, 0.3) is 0 Å². The molecule has 0 fully saturated rings. The van der Waals surface area contributed by atoms with E-state index in [0.29, 0.717) is 12.1 Å². The van der Waals surface area contributed by atoms with Crippen LogP contribution >= 0.6 is 11.6 Å². The van der Waals surface area contributed by atoms with Crippen LogP contribution in [0.25, 0.3) is 0 Å². The molecule has 0 aromatic heterocycles. The molecule has 0 spiro atoms. The highest BCUT2D eigenvalue weighted by Crippen LogP contribution is 2.33. The van der Waals surface area contributed by atoms with E-state index in [4.69, 9.17) is 11.6 Å². The minimum atomic E-state index is -4.66. The van der Waals surface area contributed by atoms with Gasteiger partial charge < -0.3 is 4.74 Å². The molecule has 0 atom stereocenters. The van der Waals surface area contributed by atoms with E-state index in [1.807, 2.05) is 0 Å². The van der Waals surface area contributed by atoms with Crippen LogP contribution in [-0.2, 0) is 0 Å². The monoisotopic (exact) mass is 273 g/mol. The Morgan fingerprint density at radius 3 is 2.47 bits per heavy atom. The summed E-state index contributed by atoms with van der Waals surface area (Å²) in [7, 11) is 0. The Balaban J connectivity index is 3.05. The van der Waals surface area contributed by atoms with E-state index >= 15 is 0 Å². The average Bonchev–Trinajstić information content (AvgIpc) is 2.17. The quantitative estimate of drug-likeness (QED) is 0.482. The molecule has 0 aliphatic carbocycles. The maximum absolute atomic E-state index is 12.9. The number of alkyl halides is 3. The maximum Gasteiger partial charge on any atom is 0.422 e. The summed E-state index contributed by atoms with van der Waals surface area (Å²) in [6.45, 7) is -1.73. The van der Waals surface area contributed by atoms with Crippen LogP contribution in [0.5, 0.6) is 5.75 Å². The van der Waals surface area contributed by atoms with Gasteiger partial charge >= 0.3 is 11.9 Å². The highest BCUT2D eigenvalue weighted by molar-refractivity contribution is 6.31. The van der Waals surface area contributed by atoms with Crippen molar-refractivity contribution in [3.8, 4) is 5.75 Å². The van der Waals surface area contributed by atoms with Crippen molar-refractivity contribution in [1.29, 1.82) is 0 Å². The average molecular weight is 274 g/mol. The Morgan fingerprint density at radius 2 is 2.00 bits per heavy atom. The van der Waals surface area contributed by atoms with Gasteiger partial charge in [-0.3, -0.25) is 10.1 Å². The zero-order valence-electron chi connectivity index (χ0n) is 7.92. The molecular formula is C8H4ClF4NO3. The molecule has 1 aromatic carbocycles. The second-order valence-corrected chi connectivity index (χ2v) is 3.30. The predicted molar refractivity (Wildman–Crippen MR) is 49.6 cm³/mol. The molecule has 1 aromatic rings. The van der Waals surface area contributed by atoms with Crippen LogP contribution in [0, 0.1) is 15.9 Å². The van der Waals surface area contributed by atoms with Crippen molar-refractivity contribution in [3.63, 3.8) is 0 Å². The summed E-state index contributed by atoms with van der Waals surface area (Å²) in [5.74, 6) is -1.85. The summed E-state index contributed by atoms with van der Waals surface area (Å²) in [4.78, 5) is 9.38. The van der Waals surface area contributed by atoms with Gasteiger partial charge in [0.2, 0.25) is 0 Å². The van der Waals surface area contributed by atoms with E-state index in [-0.39, 0.29) is 0 Å². The Morgan fingerprint density at radius 1 is 1.41 bits per heavy atom. The van der Waals surface area contributed by atoms with Crippen LogP contribution in [-0.4, -0.2) is 17.7 Å². The summed E-state index contributed by atoms with van der Waals surface area (Å²) < 4.78 is 52.6. The summed E-state index contributed by atoms with van der Waals surface area (Å²) in [6.07, 6.45) is -4.66. The van der Waals surface area contributed by atoms with E-state index in [9.17, 15) is 27.7 Å². The number of nitro groups is 1. The van der Waals surface area contributed by atoms with Crippen molar-refractivity contribution < 1.29 is 27.2 Å². The topological polar surface area (TPSA) is 52.4 Å². The number of nitro benzene ring substituents is 1. The third kappa shape index (κ3) is 3.74. The van der Waals surface area contributed by atoms with E-state index in [2.05, 4.69) is 4.74 Å². The normalized spacial score (nSPS) is 11.4. The molecule has 4 nitrogen and oxygen atoms in total. The van der Waals surface area contributed by atoms with Gasteiger partial charge in [-0.05, 0) is 0 Å². The first-order chi connectivity index (χ1) is 7.70. The van der Waals surface area contributed by atoms with Gasteiger partial charge in [0.1, 0.15) is 5.82 Å². The highest BCUT2D eigenvalue weighted by Gasteiger charge is 2.30. The number of hydrogen-bond donors (Lipinski definition) is 0. The fourth-order valence-electron chi connectivity index (χ4n) is 0.936. The van der Waals surface area contributed by atoms with Crippen LogP contribution in [0.2, 0.25) is 5.02 Å². The molecule has 0 aliphatic rings. The van der Waals surface area contributed by atoms with E-state index in [1.54, 1.807) is 0 Å². The zero-order chi connectivity index (χ0) is 13.2. The van der Waals surface area contributed by atoms with Gasteiger partial charge in [0.15, 0.2) is 12.4 Å². The lowest BCUT2D eigenvalue weighted by atomic mass is 10.3. The van der Waals surface area contributed by atoms with Gasteiger partial charge in [0.05, 0.1) is 16.0 Å². The van der Waals surface area contributed by atoms with E-state index < -0.39 is 40.0 Å². The molecule has 0 radical (unpaired) electrons. The fraction of sp³-hybridized carbons (Fsp3) is 0.250. The van der Waals surface area contributed by atoms with Crippen LogP contribution in [0.1, 0.15) is 0 Å². The summed E-state index contributed by atoms with van der Waals surface area (Å²) in [5, 5.41) is 9.88. The first-order valence-corrected chi connectivity index (χ1v) is 4.41. The number of rotatable bonds is 3. The summed E-state index contributed by atoms with van der Waals surface area (Å²) in [5.41, 5.74) is -0.920. The predicted octanol–water partition coefficient (Wildman–Crippen LogP) is 3.33. The van der Waals surface area contributed by atoms with Crippen LogP contribution in [0.15, 0.2) is 12.1 Å². The standard InChI is InChI=1S/C8H4ClF4NO3/c9-4-1-7(17-3-8(11,12)13)6(14(15)16)2-5(4)10/h1-2H,3H2. The number of benzene rings is 1. The Kier molecular flexibility index (Phi) is 3.76. The molecule has 0 amide bonds. The Hall–Kier alpha value is -1.57. The molecule has 0 unspecified atom stereocenters. The number of hydrogen-bond acceptors (Lipinski definition) is 3. The summed E-state index contributed by atoms with van der Waals surface area (Å²) in [6, 6.07) is 1.02. The number of ether oxygens (including phenoxy) is 1. The SMILES string of the molecule is O=[N+]([O-])c1cc(F)c(Cl)cc1OCC(F)(F)F. The van der Waals surface area contributed by atoms with Crippen molar-refractivity contribution in [2.75, 3.05) is 6.61 Å². The minimum absolute atomic E-state index is 0.397. The molecule has 0 aliphatic heterocycles. The molecule has 9 heteroatoms. The van der Waals surface area contributed by atoms with Gasteiger partial charge in [-0.25, -0.2) is 4.39 Å². The molecule has 94 valence electrons. The molecule has 17 heavy (non-hydrogen) atoms. The van der Waals surface area contributed by atoms with Crippen LogP contribution < -0.4 is 4.74 Å². The van der Waals surface area contributed by atoms with Gasteiger partial charge in [0, 0.05) is 6.07 Å². The summed E-state index contributed by atoms with van der Waals surface area (Å²) >= 11 is 5.28. The smallest absolute Gasteiger partial charge is 0.422 e. The number of nitrogens with zero attached hydrogens (tertiary/aromatic N) is 1. The van der Waals surface area contributed by atoms with Crippen molar-refractivity contribution in [2.45, 2.75) is 6.18 Å². The molecule has 0 saturated carbocycles. The Labute approximate surface area is 96.9 Å². The second-order valence-electron chi connectivity index (χ2n) is 2.90. The third-order valence-corrected chi connectivity index (χ3v) is 1.88. The van der Waals surface area contributed by atoms with Crippen LogP contribution in [0.4, 0.5) is 23.2 Å². The van der Waals surface area contributed by atoms with E-state index in [1.165, 1.54) is 0 Å². The lowest BCUT2D eigenvalue weighted by Crippen LogP contribution is -2.19. The first kappa shape index (κ1) is 13.5. The molecule has 1 rings (SSSR count). The maximum atomic E-state index is 12.9. The van der Waals surface area contributed by atoms with Crippen molar-refractivity contribution in [3.05, 3.63) is 33.1 Å². The third-order valence-electron chi connectivity index (χ3n) is 1.59. The zero-order valence-corrected chi connectivity index (χ0v) is 8.68. The van der Waals surface area contributed by atoms with Gasteiger partial charge in [-0.15, -0.1) is 0 Å². The molecule has 0 bridgehead atoms. The lowest BCUT2D eigenvalue weighted by Gasteiger charge is -2.09. The molecule has 0 saturated heterocycles. The fourth-order valence-corrected chi connectivity index (χ4v) is 1.09. The largest absolute Gasteiger partial charge is 0.477 e. The van der Waals surface area contributed by atoms with Crippen molar-refractivity contribution >= 4 is 17.3 Å². The van der Waals surface area contributed by atoms with Crippen molar-refractivity contribution in [2.24, 2.45) is 0 Å². The molecule has 0 heterocycles. The highest BCUT2D eigenvalue weighted by atomic mass is 35.5. The minimum Gasteiger partial charge on any atom is -0.477 e. The molecule has 0 N–H and O–H groups in total. The van der Waals surface area contributed by atoms with Gasteiger partial charge in [-0.1, -0.05) is 11.6 Å². The first-order valence-electron chi connectivity index (χ1n) is 4.03.